The Kier molecular flexibility index (Phi) is 9.29. The molecule has 4 aliphatic heterocycles. The Labute approximate surface area is 235 Å². The fourth-order valence-corrected chi connectivity index (χ4v) is 5.28. The number of rotatable bonds is 4. The van der Waals surface area contributed by atoms with E-state index in [9.17, 15) is 14.4 Å². The summed E-state index contributed by atoms with van der Waals surface area (Å²) in [6, 6.07) is -1.00. The van der Waals surface area contributed by atoms with Crippen molar-refractivity contribution in [3.63, 3.8) is 0 Å². The minimum Gasteiger partial charge on any atom is -0.444 e. The number of fused-ring (bicyclic) bond motifs is 2. The monoisotopic (exact) mass is 572 g/mol. The van der Waals surface area contributed by atoms with Crippen molar-refractivity contribution in [2.45, 2.75) is 88.6 Å². The molecule has 4 fully saturated rings. The first kappa shape index (κ1) is 32.2. The molecule has 0 unspecified atom stereocenters. The van der Waals surface area contributed by atoms with Crippen LogP contribution >= 0.6 is 0 Å². The van der Waals surface area contributed by atoms with Gasteiger partial charge in [0.1, 0.15) is 48.7 Å². The molecule has 228 valence electrons. The van der Waals surface area contributed by atoms with Crippen LogP contribution in [0.5, 0.6) is 0 Å². The van der Waals surface area contributed by atoms with E-state index < -0.39 is 47.1 Å². The van der Waals surface area contributed by atoms with Gasteiger partial charge in [-0.1, -0.05) is 6.58 Å². The van der Waals surface area contributed by atoms with E-state index in [4.69, 9.17) is 37.9 Å². The van der Waals surface area contributed by atoms with Gasteiger partial charge >= 0.3 is 12.2 Å². The zero-order valence-corrected chi connectivity index (χ0v) is 25.2. The molecule has 0 aromatic carbocycles. The summed E-state index contributed by atoms with van der Waals surface area (Å²) in [5, 5.41) is 0. The predicted molar refractivity (Wildman–Crippen MR) is 141 cm³/mol. The molecule has 2 amide bonds. The van der Waals surface area contributed by atoms with E-state index in [1.54, 1.807) is 39.9 Å². The number of hydrogen-bond donors (Lipinski definition) is 0. The van der Waals surface area contributed by atoms with Gasteiger partial charge in [0.05, 0.1) is 6.54 Å². The summed E-state index contributed by atoms with van der Waals surface area (Å²) in [6.07, 6.45) is -1.97. The Balaban J connectivity index is 0.000000220. The number of Topliss-reactive ketones (excluding diaryl/α,β-unsaturated/α-hetero) is 1. The summed E-state index contributed by atoms with van der Waals surface area (Å²) >= 11 is 0. The lowest BCUT2D eigenvalue weighted by Crippen LogP contribution is -2.55. The van der Waals surface area contributed by atoms with Crippen molar-refractivity contribution in [2.24, 2.45) is 0 Å². The van der Waals surface area contributed by atoms with E-state index in [1.807, 2.05) is 20.8 Å². The third-order valence-corrected chi connectivity index (χ3v) is 7.13. The lowest BCUT2D eigenvalue weighted by Gasteiger charge is -2.36. The third kappa shape index (κ3) is 6.14. The van der Waals surface area contributed by atoms with E-state index in [2.05, 4.69) is 6.58 Å². The van der Waals surface area contributed by atoms with Gasteiger partial charge in [0.25, 0.3) is 0 Å². The third-order valence-electron chi connectivity index (χ3n) is 7.13. The fourth-order valence-electron chi connectivity index (χ4n) is 5.28. The van der Waals surface area contributed by atoms with Gasteiger partial charge in [-0.3, -0.25) is 14.6 Å². The Morgan fingerprint density at radius 3 is 1.52 bits per heavy atom. The summed E-state index contributed by atoms with van der Waals surface area (Å²) < 4.78 is 43.6. The molecule has 4 aliphatic rings. The highest BCUT2D eigenvalue weighted by Gasteiger charge is 2.62. The highest BCUT2D eigenvalue weighted by atomic mass is 16.7. The Bertz CT molecular complexity index is 900. The normalized spacial score (nSPS) is 28.6. The molecule has 0 spiro atoms. The second-order valence-electron chi connectivity index (χ2n) is 12.1. The van der Waals surface area contributed by atoms with Gasteiger partial charge in [0, 0.05) is 35.0 Å². The highest BCUT2D eigenvalue weighted by Crippen LogP contribution is 2.41. The van der Waals surface area contributed by atoms with Crippen molar-refractivity contribution in [2.75, 3.05) is 54.7 Å². The summed E-state index contributed by atoms with van der Waals surface area (Å²) in [4.78, 5) is 39.5. The second-order valence-corrected chi connectivity index (χ2v) is 12.1. The molecular weight excluding hydrogens is 528 g/mol. The van der Waals surface area contributed by atoms with Crippen molar-refractivity contribution in [1.29, 1.82) is 0 Å². The van der Waals surface area contributed by atoms with E-state index in [-0.39, 0.29) is 37.7 Å². The van der Waals surface area contributed by atoms with Gasteiger partial charge in [-0.05, 0) is 47.1 Å². The van der Waals surface area contributed by atoms with Crippen LogP contribution in [0.25, 0.3) is 0 Å². The van der Waals surface area contributed by atoms with Crippen LogP contribution in [-0.4, -0.2) is 130 Å². The number of methoxy groups -OCH3 is 4. The molecular formula is C27H44N2O11. The molecule has 4 saturated heterocycles. The van der Waals surface area contributed by atoms with Crippen molar-refractivity contribution in [1.82, 2.24) is 9.80 Å². The SMILES string of the molecule is C=C1CN(C(=O)OC(C)(C)C)[C@H]2[C@@H]1OCC2(OC)OC.COC1(OC)CO[C@@H]2C(=O)CN(C(=O)OC(C)(C)C)[C@@H]21. The lowest BCUT2D eigenvalue weighted by molar-refractivity contribution is -0.224. The zero-order chi connectivity index (χ0) is 30.3. The molecule has 0 bridgehead atoms. The first-order valence-corrected chi connectivity index (χ1v) is 13.1. The van der Waals surface area contributed by atoms with E-state index in [1.165, 1.54) is 19.1 Å². The van der Waals surface area contributed by atoms with Crippen LogP contribution in [0.4, 0.5) is 9.59 Å². The molecule has 40 heavy (non-hydrogen) atoms. The van der Waals surface area contributed by atoms with Gasteiger partial charge in [-0.2, -0.15) is 0 Å². The molecule has 0 radical (unpaired) electrons. The zero-order valence-electron chi connectivity index (χ0n) is 25.2. The minimum absolute atomic E-state index is 0.0568. The molecule has 0 aliphatic carbocycles. The average Bonchev–Trinajstić information content (AvgIpc) is 3.59. The molecule has 4 rings (SSSR count). The van der Waals surface area contributed by atoms with Crippen LogP contribution in [0.3, 0.4) is 0 Å². The molecule has 0 saturated carbocycles. The van der Waals surface area contributed by atoms with Crippen molar-refractivity contribution in [3.05, 3.63) is 12.2 Å². The minimum atomic E-state index is -1.13. The van der Waals surface area contributed by atoms with Gasteiger partial charge in [-0.25, -0.2) is 9.59 Å². The van der Waals surface area contributed by atoms with Crippen LogP contribution < -0.4 is 0 Å². The van der Waals surface area contributed by atoms with E-state index in [0.29, 0.717) is 6.54 Å². The topological polar surface area (TPSA) is 132 Å². The molecule has 13 nitrogen and oxygen atoms in total. The van der Waals surface area contributed by atoms with Crippen LogP contribution in [0.2, 0.25) is 0 Å². The first-order chi connectivity index (χ1) is 18.5. The molecule has 4 atom stereocenters. The van der Waals surface area contributed by atoms with Crippen molar-refractivity contribution >= 4 is 18.0 Å². The van der Waals surface area contributed by atoms with Gasteiger partial charge in [0.15, 0.2) is 5.78 Å². The maximum atomic E-state index is 12.4. The smallest absolute Gasteiger partial charge is 0.411 e. The van der Waals surface area contributed by atoms with Crippen LogP contribution in [0.1, 0.15) is 41.5 Å². The molecule has 4 heterocycles. The largest absolute Gasteiger partial charge is 0.444 e. The summed E-state index contributed by atoms with van der Waals surface area (Å²) in [6.45, 7) is 15.5. The fraction of sp³-hybridized carbons (Fsp3) is 0.815. The van der Waals surface area contributed by atoms with E-state index in [0.717, 1.165) is 5.57 Å². The van der Waals surface area contributed by atoms with Crippen LogP contribution in [0, 0.1) is 0 Å². The standard InChI is InChI=1S/C14H23NO5.C13H21NO6/c1-9-7-15(12(16)20-13(2,3)4)11-10(9)19-8-14(11,17-5)18-6;1-12(2,3)20-11(16)14-6-8(15)9-10(14)13(17-4,18-5)7-19-9/h10-11H,1,7-8H2,2-6H3;9-10H,6-7H2,1-5H3/t10-,11+;9-,10+/m11/s1. The van der Waals surface area contributed by atoms with Crippen LogP contribution in [-0.2, 0) is 42.7 Å². The lowest BCUT2D eigenvalue weighted by atomic mass is 10.0. The highest BCUT2D eigenvalue weighted by molar-refractivity contribution is 5.92. The number of nitrogens with zero attached hydrogens (tertiary/aromatic N) is 2. The second kappa shape index (κ2) is 11.5. The maximum Gasteiger partial charge on any atom is 0.411 e. The summed E-state index contributed by atoms with van der Waals surface area (Å²) in [7, 11) is 6.02. The Morgan fingerprint density at radius 2 is 1.12 bits per heavy atom. The summed E-state index contributed by atoms with van der Waals surface area (Å²) in [5.41, 5.74) is -0.365. The van der Waals surface area contributed by atoms with Gasteiger partial charge in [0.2, 0.25) is 11.6 Å². The Morgan fingerprint density at radius 1 is 0.750 bits per heavy atom. The number of amides is 2. The molecule has 13 heteroatoms. The number of carbonyl (C=O) groups is 3. The number of carbonyl (C=O) groups excluding carboxylic acids is 3. The average molecular weight is 573 g/mol. The first-order valence-electron chi connectivity index (χ1n) is 13.1. The summed E-state index contributed by atoms with van der Waals surface area (Å²) in [5.74, 6) is -2.27. The van der Waals surface area contributed by atoms with Crippen molar-refractivity contribution in [3.8, 4) is 0 Å². The number of likely N-dealkylation sites (tertiary alicyclic amines) is 2. The quantitative estimate of drug-likeness (QED) is 0.362. The number of ketones is 1. The van der Waals surface area contributed by atoms with Crippen LogP contribution in [0.15, 0.2) is 12.2 Å². The Hall–Kier alpha value is -2.29. The predicted octanol–water partition coefficient (Wildman–Crippen LogP) is 2.11. The molecule has 0 N–H and O–H groups in total. The number of hydrogen-bond acceptors (Lipinski definition) is 11. The number of ether oxygens (including phenoxy) is 8. The maximum absolute atomic E-state index is 12.4. The molecule has 0 aromatic rings. The van der Waals surface area contributed by atoms with Gasteiger partial charge < -0.3 is 37.9 Å². The van der Waals surface area contributed by atoms with Gasteiger partial charge in [-0.15, -0.1) is 0 Å². The van der Waals surface area contributed by atoms with E-state index >= 15 is 0 Å². The molecule has 0 aromatic heterocycles. The van der Waals surface area contributed by atoms with Crippen molar-refractivity contribution < 1.29 is 52.3 Å².